The number of methoxy groups -OCH3 is 1. The highest BCUT2D eigenvalue weighted by Crippen LogP contribution is 2.28. The monoisotopic (exact) mass is 384 g/mol. The van der Waals surface area contributed by atoms with Gasteiger partial charge in [0.15, 0.2) is 11.5 Å². The van der Waals surface area contributed by atoms with Gasteiger partial charge in [-0.25, -0.2) is 4.79 Å². The second-order valence-corrected chi connectivity index (χ2v) is 5.87. The van der Waals surface area contributed by atoms with Crippen LogP contribution < -0.4 is 24.8 Å². The number of hydrogen-bond donors (Lipinski definition) is 2. The summed E-state index contributed by atoms with van der Waals surface area (Å²) in [4.78, 5) is 11.9. The van der Waals surface area contributed by atoms with Crippen LogP contribution in [0.1, 0.15) is 25.0 Å². The van der Waals surface area contributed by atoms with Crippen molar-refractivity contribution in [3.63, 3.8) is 0 Å². The first-order chi connectivity index (χ1) is 13.7. The molecule has 0 aliphatic rings. The van der Waals surface area contributed by atoms with Crippen molar-refractivity contribution in [3.8, 4) is 17.2 Å². The summed E-state index contributed by atoms with van der Waals surface area (Å²) in [7, 11) is 1.62. The van der Waals surface area contributed by atoms with Crippen LogP contribution in [-0.2, 0) is 6.42 Å². The smallest absolute Gasteiger partial charge is 0.318 e. The van der Waals surface area contributed by atoms with Gasteiger partial charge in [-0.05, 0) is 50.1 Å². The summed E-state index contributed by atoms with van der Waals surface area (Å²) < 4.78 is 16.5. The predicted molar refractivity (Wildman–Crippen MR) is 111 cm³/mol. The number of urea groups is 1. The van der Waals surface area contributed by atoms with Gasteiger partial charge in [-0.15, -0.1) is 0 Å². The van der Waals surface area contributed by atoms with Crippen molar-refractivity contribution < 1.29 is 19.0 Å². The molecule has 6 heteroatoms. The van der Waals surface area contributed by atoms with Gasteiger partial charge in [-0.1, -0.05) is 24.3 Å². The summed E-state index contributed by atoms with van der Waals surface area (Å²) in [5.74, 6) is 2.22. The number of nitrogens with one attached hydrogen (secondary N) is 2. The summed E-state index contributed by atoms with van der Waals surface area (Å²) in [6, 6.07) is 13.2. The standard InChI is InChI=1S/C22H28N2O4/c1-4-27-20-11-10-17(16-21(20)28-5-2)12-14-23-22(25)24-15-13-18-8-6-7-9-19(18)26-3/h6-11,13,15-16H,4-5,12,14H2,1-3H3,(H2,23,24,25)/b15-13+. The van der Waals surface area contributed by atoms with E-state index in [0.717, 1.165) is 28.4 Å². The lowest BCUT2D eigenvalue weighted by molar-refractivity contribution is 0.244. The minimum atomic E-state index is -0.262. The lowest BCUT2D eigenvalue weighted by atomic mass is 10.1. The molecule has 0 aliphatic carbocycles. The normalized spacial score (nSPS) is 10.5. The van der Waals surface area contributed by atoms with Crippen LogP contribution in [0.2, 0.25) is 0 Å². The SMILES string of the molecule is CCOc1ccc(CCNC(=O)N/C=C/c2ccccc2OC)cc1OCC. The van der Waals surface area contributed by atoms with Gasteiger partial charge < -0.3 is 24.8 Å². The number of benzene rings is 2. The first-order valence-corrected chi connectivity index (χ1v) is 9.40. The third-order valence-corrected chi connectivity index (χ3v) is 3.92. The van der Waals surface area contributed by atoms with Crippen molar-refractivity contribution in [1.29, 1.82) is 0 Å². The fourth-order valence-corrected chi connectivity index (χ4v) is 2.63. The summed E-state index contributed by atoms with van der Waals surface area (Å²) in [5, 5.41) is 5.53. The fourth-order valence-electron chi connectivity index (χ4n) is 2.63. The number of rotatable bonds is 10. The van der Waals surface area contributed by atoms with Crippen LogP contribution in [0.3, 0.4) is 0 Å². The topological polar surface area (TPSA) is 68.8 Å². The molecule has 0 spiro atoms. The Labute approximate surface area is 166 Å². The molecule has 28 heavy (non-hydrogen) atoms. The number of para-hydroxylation sites is 1. The van der Waals surface area contributed by atoms with Crippen molar-refractivity contribution in [2.45, 2.75) is 20.3 Å². The van der Waals surface area contributed by atoms with Crippen LogP contribution in [0.4, 0.5) is 4.79 Å². The molecule has 2 aromatic rings. The molecule has 0 saturated carbocycles. The largest absolute Gasteiger partial charge is 0.496 e. The summed E-state index contributed by atoms with van der Waals surface area (Å²) >= 11 is 0. The molecular weight excluding hydrogens is 356 g/mol. The molecule has 6 nitrogen and oxygen atoms in total. The van der Waals surface area contributed by atoms with Gasteiger partial charge >= 0.3 is 6.03 Å². The second kappa shape index (κ2) is 11.5. The Hall–Kier alpha value is -3.15. The molecule has 0 unspecified atom stereocenters. The zero-order chi connectivity index (χ0) is 20.2. The molecule has 0 aromatic heterocycles. The molecule has 0 heterocycles. The Balaban J connectivity index is 1.81. The first kappa shape index (κ1) is 21.2. The Morgan fingerprint density at radius 1 is 1.00 bits per heavy atom. The molecule has 2 amide bonds. The molecule has 0 aliphatic heterocycles. The van der Waals surface area contributed by atoms with E-state index in [1.54, 1.807) is 19.4 Å². The third-order valence-electron chi connectivity index (χ3n) is 3.92. The molecule has 0 atom stereocenters. The zero-order valence-corrected chi connectivity index (χ0v) is 16.7. The van der Waals surface area contributed by atoms with Crippen LogP contribution in [0, 0.1) is 0 Å². The summed E-state index contributed by atoms with van der Waals surface area (Å²) in [6.45, 7) is 5.54. The van der Waals surface area contributed by atoms with Crippen molar-refractivity contribution in [1.82, 2.24) is 10.6 Å². The van der Waals surface area contributed by atoms with Crippen molar-refractivity contribution >= 4 is 12.1 Å². The molecule has 2 rings (SSSR count). The average molecular weight is 384 g/mol. The van der Waals surface area contributed by atoms with Gasteiger partial charge in [0, 0.05) is 18.3 Å². The minimum Gasteiger partial charge on any atom is -0.496 e. The van der Waals surface area contributed by atoms with Gasteiger partial charge in [0.25, 0.3) is 0 Å². The van der Waals surface area contributed by atoms with E-state index < -0.39 is 0 Å². The maximum absolute atomic E-state index is 11.9. The third kappa shape index (κ3) is 6.54. The van der Waals surface area contributed by atoms with E-state index in [4.69, 9.17) is 14.2 Å². The molecule has 0 fully saturated rings. The summed E-state index contributed by atoms with van der Waals surface area (Å²) in [6.07, 6.45) is 4.08. The first-order valence-electron chi connectivity index (χ1n) is 9.40. The van der Waals surface area contributed by atoms with E-state index in [9.17, 15) is 4.79 Å². The van der Waals surface area contributed by atoms with Gasteiger partial charge in [0.1, 0.15) is 5.75 Å². The van der Waals surface area contributed by atoms with Crippen LogP contribution in [-0.4, -0.2) is 32.9 Å². The average Bonchev–Trinajstić information content (AvgIpc) is 2.70. The van der Waals surface area contributed by atoms with E-state index in [1.807, 2.05) is 56.3 Å². The van der Waals surface area contributed by atoms with Gasteiger partial charge in [-0.2, -0.15) is 0 Å². The predicted octanol–water partition coefficient (Wildman–Crippen LogP) is 4.01. The van der Waals surface area contributed by atoms with Crippen molar-refractivity contribution in [2.75, 3.05) is 26.9 Å². The molecule has 2 N–H and O–H groups in total. The lowest BCUT2D eigenvalue weighted by Gasteiger charge is -2.12. The number of carbonyl (C=O) groups excluding carboxylic acids is 1. The van der Waals surface area contributed by atoms with E-state index in [1.165, 1.54) is 0 Å². The summed E-state index contributed by atoms with van der Waals surface area (Å²) in [5.41, 5.74) is 1.96. The van der Waals surface area contributed by atoms with Crippen molar-refractivity contribution in [2.24, 2.45) is 0 Å². The maximum atomic E-state index is 11.9. The zero-order valence-electron chi connectivity index (χ0n) is 16.7. The molecule has 2 aromatic carbocycles. The highest BCUT2D eigenvalue weighted by Gasteiger charge is 2.06. The molecule has 0 saturated heterocycles. The second-order valence-electron chi connectivity index (χ2n) is 5.87. The van der Waals surface area contributed by atoms with Gasteiger partial charge in [0.05, 0.1) is 20.3 Å². The van der Waals surface area contributed by atoms with Crippen molar-refractivity contribution in [3.05, 3.63) is 59.8 Å². The molecule has 150 valence electrons. The van der Waals surface area contributed by atoms with Gasteiger partial charge in [0.2, 0.25) is 0 Å². The van der Waals surface area contributed by atoms with Crippen LogP contribution in [0.25, 0.3) is 6.08 Å². The van der Waals surface area contributed by atoms with Crippen LogP contribution in [0.15, 0.2) is 48.7 Å². The highest BCUT2D eigenvalue weighted by molar-refractivity contribution is 5.76. The molecular formula is C22H28N2O4. The van der Waals surface area contributed by atoms with E-state index in [0.29, 0.717) is 26.2 Å². The molecule has 0 bridgehead atoms. The number of hydrogen-bond acceptors (Lipinski definition) is 4. The van der Waals surface area contributed by atoms with E-state index in [2.05, 4.69) is 10.6 Å². The number of ether oxygens (including phenoxy) is 3. The van der Waals surface area contributed by atoms with Crippen LogP contribution >= 0.6 is 0 Å². The highest BCUT2D eigenvalue weighted by atomic mass is 16.5. The molecule has 0 radical (unpaired) electrons. The Morgan fingerprint density at radius 3 is 2.50 bits per heavy atom. The van der Waals surface area contributed by atoms with E-state index >= 15 is 0 Å². The lowest BCUT2D eigenvalue weighted by Crippen LogP contribution is -2.33. The maximum Gasteiger partial charge on any atom is 0.318 e. The van der Waals surface area contributed by atoms with Gasteiger partial charge in [-0.3, -0.25) is 0 Å². The number of amides is 2. The Bertz CT molecular complexity index is 790. The van der Waals surface area contributed by atoms with Crippen LogP contribution in [0.5, 0.6) is 17.2 Å². The van der Waals surface area contributed by atoms with E-state index in [-0.39, 0.29) is 6.03 Å². The number of carbonyl (C=O) groups is 1. The Morgan fingerprint density at radius 2 is 1.75 bits per heavy atom. The minimum absolute atomic E-state index is 0.262. The fraction of sp³-hybridized carbons (Fsp3) is 0.318. The Kier molecular flexibility index (Phi) is 8.72. The quantitative estimate of drug-likeness (QED) is 0.650.